The lowest BCUT2D eigenvalue weighted by molar-refractivity contribution is -0.129. The van der Waals surface area contributed by atoms with Gasteiger partial charge < -0.3 is 15.6 Å². The van der Waals surface area contributed by atoms with Crippen LogP contribution in [0.25, 0.3) is 0 Å². The van der Waals surface area contributed by atoms with Gasteiger partial charge in [0.2, 0.25) is 0 Å². The Morgan fingerprint density at radius 1 is 1.53 bits per heavy atom. The quantitative estimate of drug-likeness (QED) is 0.757. The third-order valence-corrected chi connectivity index (χ3v) is 3.27. The van der Waals surface area contributed by atoms with Crippen LogP contribution in [0.3, 0.4) is 0 Å². The van der Waals surface area contributed by atoms with Gasteiger partial charge in [-0.3, -0.25) is 4.90 Å². The smallest absolute Gasteiger partial charge is 0.0757 e. The molecule has 1 saturated heterocycles. The van der Waals surface area contributed by atoms with Gasteiger partial charge in [0.25, 0.3) is 0 Å². The summed E-state index contributed by atoms with van der Waals surface area (Å²) >= 11 is 0. The SMILES string of the molecule is CC1CN(CCCC(C)(O)CN)CC(C)(C)O1. The van der Waals surface area contributed by atoms with Gasteiger partial charge in [0.05, 0.1) is 17.3 Å². The Balaban J connectivity index is 2.32. The molecule has 0 amide bonds. The van der Waals surface area contributed by atoms with E-state index in [4.69, 9.17) is 10.5 Å². The van der Waals surface area contributed by atoms with Crippen LogP contribution in [0.1, 0.15) is 40.5 Å². The van der Waals surface area contributed by atoms with Gasteiger partial charge in [-0.25, -0.2) is 0 Å². The molecule has 0 aromatic carbocycles. The van der Waals surface area contributed by atoms with Crippen molar-refractivity contribution in [3.63, 3.8) is 0 Å². The molecule has 3 N–H and O–H groups in total. The molecular weight excluding hydrogens is 216 g/mol. The lowest BCUT2D eigenvalue weighted by Crippen LogP contribution is -2.52. The predicted octanol–water partition coefficient (Wildman–Crippen LogP) is 0.976. The molecule has 1 aliphatic rings. The van der Waals surface area contributed by atoms with E-state index < -0.39 is 5.60 Å². The molecule has 0 saturated carbocycles. The minimum absolute atomic E-state index is 0.0615. The Hall–Kier alpha value is -0.160. The Morgan fingerprint density at radius 3 is 2.71 bits per heavy atom. The van der Waals surface area contributed by atoms with Gasteiger partial charge >= 0.3 is 0 Å². The fourth-order valence-electron chi connectivity index (χ4n) is 2.54. The molecule has 0 aliphatic carbocycles. The first-order valence-electron chi connectivity index (χ1n) is 6.57. The van der Waals surface area contributed by atoms with Gasteiger partial charge in [0, 0.05) is 19.6 Å². The second-order valence-electron chi connectivity index (χ2n) is 6.23. The predicted molar refractivity (Wildman–Crippen MR) is 70.0 cm³/mol. The van der Waals surface area contributed by atoms with Crippen molar-refractivity contribution in [2.45, 2.75) is 57.8 Å². The van der Waals surface area contributed by atoms with Gasteiger partial charge in [0.1, 0.15) is 0 Å². The van der Waals surface area contributed by atoms with Crippen LogP contribution in [0.2, 0.25) is 0 Å². The number of ether oxygens (including phenoxy) is 1. The molecule has 0 bridgehead atoms. The number of rotatable bonds is 5. The molecule has 1 heterocycles. The Labute approximate surface area is 105 Å². The van der Waals surface area contributed by atoms with Crippen molar-refractivity contribution in [2.75, 3.05) is 26.2 Å². The van der Waals surface area contributed by atoms with Gasteiger partial charge in [-0.15, -0.1) is 0 Å². The van der Waals surface area contributed by atoms with Crippen molar-refractivity contribution in [3.05, 3.63) is 0 Å². The highest BCUT2D eigenvalue weighted by molar-refractivity contribution is 4.83. The van der Waals surface area contributed by atoms with E-state index in [1.54, 1.807) is 6.92 Å². The number of nitrogens with zero attached hydrogens (tertiary/aromatic N) is 1. The molecule has 4 heteroatoms. The maximum atomic E-state index is 9.84. The van der Waals surface area contributed by atoms with Gasteiger partial charge in [-0.05, 0) is 47.1 Å². The van der Waals surface area contributed by atoms with Crippen molar-refractivity contribution in [1.82, 2.24) is 4.90 Å². The standard InChI is InChI=1S/C13H28N2O2/c1-11-8-15(10-12(2,3)17-11)7-5-6-13(4,16)9-14/h11,16H,5-10,14H2,1-4H3. The molecule has 0 radical (unpaired) electrons. The molecule has 102 valence electrons. The average molecular weight is 244 g/mol. The topological polar surface area (TPSA) is 58.7 Å². The van der Waals surface area contributed by atoms with E-state index in [2.05, 4.69) is 25.7 Å². The molecule has 1 fully saturated rings. The summed E-state index contributed by atoms with van der Waals surface area (Å²) in [5.74, 6) is 0. The van der Waals surface area contributed by atoms with Gasteiger partial charge in [-0.2, -0.15) is 0 Å². The van der Waals surface area contributed by atoms with Crippen molar-refractivity contribution >= 4 is 0 Å². The summed E-state index contributed by atoms with van der Waals surface area (Å²) in [7, 11) is 0. The first-order chi connectivity index (χ1) is 7.74. The fraction of sp³-hybridized carbons (Fsp3) is 1.00. The lowest BCUT2D eigenvalue weighted by atomic mass is 9.99. The maximum absolute atomic E-state index is 9.84. The summed E-state index contributed by atoms with van der Waals surface area (Å²) in [5.41, 5.74) is 4.73. The summed E-state index contributed by atoms with van der Waals surface area (Å²) in [5, 5.41) is 9.84. The molecule has 1 rings (SSSR count). The molecule has 17 heavy (non-hydrogen) atoms. The molecule has 0 aromatic heterocycles. The van der Waals surface area contributed by atoms with E-state index in [0.717, 1.165) is 32.5 Å². The molecule has 2 unspecified atom stereocenters. The zero-order valence-electron chi connectivity index (χ0n) is 11.7. The van der Waals surface area contributed by atoms with Crippen molar-refractivity contribution < 1.29 is 9.84 Å². The van der Waals surface area contributed by atoms with Crippen molar-refractivity contribution in [1.29, 1.82) is 0 Å². The summed E-state index contributed by atoms with van der Waals surface area (Å²) < 4.78 is 5.86. The summed E-state index contributed by atoms with van der Waals surface area (Å²) in [6.45, 7) is 11.5. The van der Waals surface area contributed by atoms with Crippen molar-refractivity contribution in [2.24, 2.45) is 5.73 Å². The molecule has 0 spiro atoms. The van der Waals surface area contributed by atoms with Crippen LogP contribution in [0.5, 0.6) is 0 Å². The van der Waals surface area contributed by atoms with Gasteiger partial charge in [0.15, 0.2) is 0 Å². The Kier molecular flexibility index (Phi) is 4.95. The van der Waals surface area contributed by atoms with E-state index in [9.17, 15) is 5.11 Å². The summed E-state index contributed by atoms with van der Waals surface area (Å²) in [6, 6.07) is 0. The number of hydrogen-bond acceptors (Lipinski definition) is 4. The van der Waals surface area contributed by atoms with Crippen LogP contribution >= 0.6 is 0 Å². The Morgan fingerprint density at radius 2 is 2.18 bits per heavy atom. The van der Waals surface area contributed by atoms with Crippen LogP contribution in [0.15, 0.2) is 0 Å². The summed E-state index contributed by atoms with van der Waals surface area (Å²) in [4.78, 5) is 2.42. The highest BCUT2D eigenvalue weighted by atomic mass is 16.5. The zero-order chi connectivity index (χ0) is 13.1. The lowest BCUT2D eigenvalue weighted by Gasteiger charge is -2.42. The average Bonchev–Trinajstić information content (AvgIpc) is 2.14. The van der Waals surface area contributed by atoms with E-state index in [0.29, 0.717) is 6.54 Å². The summed E-state index contributed by atoms with van der Waals surface area (Å²) in [6.07, 6.45) is 2.02. The number of morpholine rings is 1. The molecule has 0 aromatic rings. The zero-order valence-corrected chi connectivity index (χ0v) is 11.7. The second kappa shape index (κ2) is 5.65. The van der Waals surface area contributed by atoms with Crippen LogP contribution in [-0.4, -0.2) is 53.5 Å². The number of nitrogens with two attached hydrogens (primary N) is 1. The van der Waals surface area contributed by atoms with E-state index in [1.165, 1.54) is 0 Å². The normalized spacial score (nSPS) is 28.9. The highest BCUT2D eigenvalue weighted by Crippen LogP contribution is 2.21. The van der Waals surface area contributed by atoms with Crippen LogP contribution < -0.4 is 5.73 Å². The minimum atomic E-state index is -0.715. The maximum Gasteiger partial charge on any atom is 0.0757 e. The number of hydrogen-bond donors (Lipinski definition) is 2. The van der Waals surface area contributed by atoms with Crippen molar-refractivity contribution in [3.8, 4) is 0 Å². The Bertz CT molecular complexity index is 242. The fourth-order valence-corrected chi connectivity index (χ4v) is 2.54. The third-order valence-electron chi connectivity index (χ3n) is 3.27. The molecule has 2 atom stereocenters. The van der Waals surface area contributed by atoms with E-state index in [-0.39, 0.29) is 11.7 Å². The first-order valence-corrected chi connectivity index (χ1v) is 6.57. The minimum Gasteiger partial charge on any atom is -0.389 e. The van der Waals surface area contributed by atoms with Gasteiger partial charge in [-0.1, -0.05) is 0 Å². The van der Waals surface area contributed by atoms with E-state index >= 15 is 0 Å². The van der Waals surface area contributed by atoms with Crippen LogP contribution in [0, 0.1) is 0 Å². The number of aliphatic hydroxyl groups is 1. The molecule has 4 nitrogen and oxygen atoms in total. The largest absolute Gasteiger partial charge is 0.389 e. The molecule has 1 aliphatic heterocycles. The monoisotopic (exact) mass is 244 g/mol. The third kappa shape index (κ3) is 5.34. The van der Waals surface area contributed by atoms with E-state index in [1.807, 2.05) is 0 Å². The van der Waals surface area contributed by atoms with Crippen LogP contribution in [-0.2, 0) is 4.74 Å². The second-order valence-corrected chi connectivity index (χ2v) is 6.23. The van der Waals surface area contributed by atoms with Crippen LogP contribution in [0.4, 0.5) is 0 Å². The highest BCUT2D eigenvalue weighted by Gasteiger charge is 2.31. The molecular formula is C13H28N2O2. The first kappa shape index (κ1) is 14.9.